The molecule has 0 radical (unpaired) electrons. The molecule has 1 amide bonds. The Bertz CT molecular complexity index is 447. The van der Waals surface area contributed by atoms with Gasteiger partial charge < -0.3 is 15.8 Å². The highest BCUT2D eigenvalue weighted by Gasteiger charge is 2.27. The molecule has 1 aromatic rings. The molecule has 3 N–H and O–H groups in total. The van der Waals surface area contributed by atoms with Crippen molar-refractivity contribution >= 4 is 11.6 Å². The fourth-order valence-electron chi connectivity index (χ4n) is 1.74. The monoisotopic (exact) mass is 304 g/mol. The van der Waals surface area contributed by atoms with Gasteiger partial charge in [-0.1, -0.05) is 19.1 Å². The third-order valence-corrected chi connectivity index (χ3v) is 2.83. The number of hydrogen-bond acceptors (Lipinski definition) is 3. The van der Waals surface area contributed by atoms with Gasteiger partial charge in [0.25, 0.3) is 0 Å². The average Bonchev–Trinajstić information content (AvgIpc) is 2.37. The number of carbonyl (C=O) groups is 1. The smallest absolute Gasteiger partial charge is 0.399 e. The zero-order valence-corrected chi connectivity index (χ0v) is 11.7. The molecule has 1 aromatic carbocycles. The fraction of sp³-hybridized carbons (Fsp3) is 0.500. The van der Waals surface area contributed by atoms with Crippen LogP contribution in [0, 0.1) is 0 Å². The number of ether oxygens (including phenoxy) is 1. The van der Waals surface area contributed by atoms with Crippen LogP contribution in [0.1, 0.15) is 24.8 Å². The number of hydrogen-bond donors (Lipinski definition) is 2. The summed E-state index contributed by atoms with van der Waals surface area (Å²) in [5, 5.41) is 2.52. The molecule has 0 aliphatic heterocycles. The lowest BCUT2D eigenvalue weighted by molar-refractivity contribution is -0.173. The van der Waals surface area contributed by atoms with Gasteiger partial charge in [-0.05, 0) is 23.6 Å². The second kappa shape index (κ2) is 7.87. The van der Waals surface area contributed by atoms with Gasteiger partial charge in [0.15, 0.2) is 0 Å². The second-order valence-electron chi connectivity index (χ2n) is 4.79. The number of rotatable bonds is 7. The molecule has 0 aromatic heterocycles. The fourth-order valence-corrected chi connectivity index (χ4v) is 1.74. The van der Waals surface area contributed by atoms with Gasteiger partial charge in [-0.25, -0.2) is 0 Å². The zero-order chi connectivity index (χ0) is 15.9. The van der Waals surface area contributed by atoms with Crippen molar-refractivity contribution in [2.75, 3.05) is 25.5 Å². The van der Waals surface area contributed by atoms with Crippen LogP contribution >= 0.6 is 0 Å². The molecule has 118 valence electrons. The molecule has 7 heteroatoms. The lowest BCUT2D eigenvalue weighted by atomic mass is 9.97. The van der Waals surface area contributed by atoms with E-state index in [1.807, 2.05) is 19.1 Å². The summed E-state index contributed by atoms with van der Waals surface area (Å²) in [5.74, 6) is -0.225. The van der Waals surface area contributed by atoms with Gasteiger partial charge in [0, 0.05) is 18.7 Å². The molecular weight excluding hydrogens is 285 g/mol. The van der Waals surface area contributed by atoms with E-state index in [2.05, 4.69) is 10.1 Å². The Morgan fingerprint density at radius 3 is 2.52 bits per heavy atom. The van der Waals surface area contributed by atoms with E-state index in [-0.39, 0.29) is 31.4 Å². The molecule has 0 heterocycles. The maximum absolute atomic E-state index is 11.8. The number of nitrogens with one attached hydrogen (secondary N) is 1. The Kier molecular flexibility index (Phi) is 6.48. The Morgan fingerprint density at radius 2 is 1.95 bits per heavy atom. The van der Waals surface area contributed by atoms with Crippen LogP contribution in [0.3, 0.4) is 0 Å². The van der Waals surface area contributed by atoms with Gasteiger partial charge >= 0.3 is 6.18 Å². The maximum atomic E-state index is 11.8. The van der Waals surface area contributed by atoms with Crippen LogP contribution in [-0.2, 0) is 9.53 Å². The van der Waals surface area contributed by atoms with E-state index in [4.69, 9.17) is 5.73 Å². The quantitative estimate of drug-likeness (QED) is 0.601. The molecule has 0 bridgehead atoms. The first-order chi connectivity index (χ1) is 9.78. The van der Waals surface area contributed by atoms with Crippen LogP contribution in [0.2, 0.25) is 0 Å². The van der Waals surface area contributed by atoms with Crippen molar-refractivity contribution in [2.45, 2.75) is 25.4 Å². The standard InChI is InChI=1S/C14H19F3N2O2/c1-10(11-2-4-12(18)5-3-11)8-13(20)19-6-7-21-9-14(15,16)17/h2-5,10H,6-9,18H2,1H3,(H,19,20). The van der Waals surface area contributed by atoms with E-state index in [1.54, 1.807) is 12.1 Å². The van der Waals surface area contributed by atoms with Crippen molar-refractivity contribution < 1.29 is 22.7 Å². The Balaban J connectivity index is 2.23. The number of carbonyl (C=O) groups excluding carboxylic acids is 1. The molecule has 4 nitrogen and oxygen atoms in total. The third-order valence-electron chi connectivity index (χ3n) is 2.83. The van der Waals surface area contributed by atoms with E-state index < -0.39 is 12.8 Å². The van der Waals surface area contributed by atoms with Gasteiger partial charge in [0.2, 0.25) is 5.91 Å². The normalized spacial score (nSPS) is 13.0. The van der Waals surface area contributed by atoms with E-state index in [0.717, 1.165) is 5.56 Å². The summed E-state index contributed by atoms with van der Waals surface area (Å²) in [4.78, 5) is 11.6. The van der Waals surface area contributed by atoms with Gasteiger partial charge in [0.05, 0.1) is 6.61 Å². The Hall–Kier alpha value is -1.76. The van der Waals surface area contributed by atoms with Gasteiger partial charge in [0.1, 0.15) is 6.61 Å². The lowest BCUT2D eigenvalue weighted by Gasteiger charge is -2.13. The molecule has 1 atom stereocenters. The number of anilines is 1. The SMILES string of the molecule is CC(CC(=O)NCCOCC(F)(F)F)c1ccc(N)cc1. The second-order valence-corrected chi connectivity index (χ2v) is 4.79. The zero-order valence-electron chi connectivity index (χ0n) is 11.7. The minimum Gasteiger partial charge on any atom is -0.399 e. The van der Waals surface area contributed by atoms with Crippen LogP contribution in [0.25, 0.3) is 0 Å². The van der Waals surface area contributed by atoms with Crippen molar-refractivity contribution in [3.63, 3.8) is 0 Å². The average molecular weight is 304 g/mol. The molecule has 1 rings (SSSR count). The van der Waals surface area contributed by atoms with Gasteiger partial charge in [-0.2, -0.15) is 13.2 Å². The van der Waals surface area contributed by atoms with Crippen LogP contribution in [0.15, 0.2) is 24.3 Å². The van der Waals surface area contributed by atoms with E-state index in [0.29, 0.717) is 5.69 Å². The van der Waals surface area contributed by atoms with Crippen molar-refractivity contribution in [3.05, 3.63) is 29.8 Å². The van der Waals surface area contributed by atoms with Crippen molar-refractivity contribution in [1.82, 2.24) is 5.32 Å². The molecule has 21 heavy (non-hydrogen) atoms. The molecule has 0 saturated heterocycles. The van der Waals surface area contributed by atoms with Crippen molar-refractivity contribution in [3.8, 4) is 0 Å². The predicted molar refractivity (Wildman–Crippen MR) is 73.8 cm³/mol. The highest BCUT2D eigenvalue weighted by atomic mass is 19.4. The number of nitrogens with two attached hydrogens (primary N) is 1. The number of alkyl halides is 3. The number of benzene rings is 1. The summed E-state index contributed by atoms with van der Waals surface area (Å²) >= 11 is 0. The van der Waals surface area contributed by atoms with Gasteiger partial charge in [-0.3, -0.25) is 4.79 Å². The molecule has 0 saturated carbocycles. The molecule has 0 aliphatic carbocycles. The summed E-state index contributed by atoms with van der Waals surface area (Å²) in [6.45, 7) is 0.487. The first-order valence-electron chi connectivity index (χ1n) is 6.54. The first kappa shape index (κ1) is 17.3. The maximum Gasteiger partial charge on any atom is 0.411 e. The molecule has 1 unspecified atom stereocenters. The number of amides is 1. The van der Waals surface area contributed by atoms with E-state index >= 15 is 0 Å². The van der Waals surface area contributed by atoms with E-state index in [1.165, 1.54) is 0 Å². The molecule has 0 aliphatic rings. The first-order valence-corrected chi connectivity index (χ1v) is 6.54. The van der Waals surface area contributed by atoms with Crippen LogP contribution in [0.4, 0.5) is 18.9 Å². The summed E-state index contributed by atoms with van der Waals surface area (Å²) in [5.41, 5.74) is 7.21. The van der Waals surface area contributed by atoms with Crippen LogP contribution < -0.4 is 11.1 Å². The Labute approximate surface area is 121 Å². The summed E-state index contributed by atoms with van der Waals surface area (Å²) in [6.07, 6.45) is -4.09. The summed E-state index contributed by atoms with van der Waals surface area (Å²) in [6, 6.07) is 7.21. The lowest BCUT2D eigenvalue weighted by Crippen LogP contribution is -2.29. The summed E-state index contributed by atoms with van der Waals surface area (Å²) < 4.78 is 39.8. The molecular formula is C14H19F3N2O2. The van der Waals surface area contributed by atoms with Crippen LogP contribution in [-0.4, -0.2) is 31.8 Å². The minimum atomic E-state index is -4.34. The summed E-state index contributed by atoms with van der Waals surface area (Å²) in [7, 11) is 0. The molecule has 0 fully saturated rings. The minimum absolute atomic E-state index is 0.00157. The highest BCUT2D eigenvalue weighted by Crippen LogP contribution is 2.19. The van der Waals surface area contributed by atoms with Crippen molar-refractivity contribution in [1.29, 1.82) is 0 Å². The van der Waals surface area contributed by atoms with Crippen molar-refractivity contribution in [2.24, 2.45) is 0 Å². The number of halogens is 3. The van der Waals surface area contributed by atoms with E-state index in [9.17, 15) is 18.0 Å². The predicted octanol–water partition coefficient (Wildman–Crippen LogP) is 2.46. The highest BCUT2D eigenvalue weighted by molar-refractivity contribution is 5.76. The topological polar surface area (TPSA) is 64.3 Å². The Morgan fingerprint density at radius 1 is 1.33 bits per heavy atom. The van der Waals surface area contributed by atoms with Gasteiger partial charge in [-0.15, -0.1) is 0 Å². The van der Waals surface area contributed by atoms with Crippen LogP contribution in [0.5, 0.6) is 0 Å². The third kappa shape index (κ3) is 7.55. The largest absolute Gasteiger partial charge is 0.411 e. The number of nitrogen functional groups attached to an aromatic ring is 1. The molecule has 0 spiro atoms.